The lowest BCUT2D eigenvalue weighted by Crippen LogP contribution is -1.92. The van der Waals surface area contributed by atoms with E-state index in [-0.39, 0.29) is 0 Å². The Hall–Kier alpha value is -7.80. The average molecular weight is 761 g/mol. The summed E-state index contributed by atoms with van der Waals surface area (Å²) in [5.74, 6) is 0. The molecule has 280 valence electrons. The van der Waals surface area contributed by atoms with Crippen molar-refractivity contribution in [2.24, 2.45) is 0 Å². The highest BCUT2D eigenvalue weighted by atomic mass is 14.2. The van der Waals surface area contributed by atoms with Gasteiger partial charge in [0, 0.05) is 0 Å². The highest BCUT2D eigenvalue weighted by Crippen LogP contribution is 2.46. The minimum atomic E-state index is 1.21. The molecule has 0 heteroatoms. The molecule has 11 rings (SSSR count). The molecule has 11 aromatic carbocycles. The maximum atomic E-state index is 2.39. The lowest BCUT2D eigenvalue weighted by Gasteiger charge is -2.19. The van der Waals surface area contributed by atoms with Gasteiger partial charge in [-0.2, -0.15) is 0 Å². The van der Waals surface area contributed by atoms with Crippen molar-refractivity contribution in [3.8, 4) is 77.9 Å². The summed E-state index contributed by atoms with van der Waals surface area (Å²) in [6, 6.07) is 88.8. The van der Waals surface area contributed by atoms with Crippen LogP contribution in [0.1, 0.15) is 0 Å². The van der Waals surface area contributed by atoms with Gasteiger partial charge in [-0.15, -0.1) is 0 Å². The minimum Gasteiger partial charge on any atom is -0.0622 e. The van der Waals surface area contributed by atoms with Crippen LogP contribution in [0.2, 0.25) is 0 Å². The quantitative estimate of drug-likeness (QED) is 0.142. The maximum Gasteiger partial charge on any atom is -0.00259 e. The molecular formula is C60H40. The van der Waals surface area contributed by atoms with Gasteiger partial charge in [0.25, 0.3) is 0 Å². The SMILES string of the molecule is c1ccc(-c2ccc(-c3ccc(-c4ccc5ccc(-c6c7ccccc7c(-c7cc(-c8ccccc8)cc(-c8ccccc8)c7)c7ccccc67)cc5c4)cc3)cc2)cc1. The predicted octanol–water partition coefficient (Wildman–Crippen LogP) is 16.8. The largest absolute Gasteiger partial charge is 0.0622 e. The lowest BCUT2D eigenvalue weighted by atomic mass is 9.84. The summed E-state index contributed by atoms with van der Waals surface area (Å²) in [4.78, 5) is 0. The van der Waals surface area contributed by atoms with Gasteiger partial charge in [-0.3, -0.25) is 0 Å². The third kappa shape index (κ3) is 6.55. The molecule has 0 saturated carbocycles. The van der Waals surface area contributed by atoms with Gasteiger partial charge in [0.15, 0.2) is 0 Å². The fraction of sp³-hybridized carbons (Fsp3) is 0. The normalized spacial score (nSPS) is 11.3. The van der Waals surface area contributed by atoms with E-state index < -0.39 is 0 Å². The van der Waals surface area contributed by atoms with Gasteiger partial charge in [0.05, 0.1) is 0 Å². The Bertz CT molecular complexity index is 3190. The van der Waals surface area contributed by atoms with Crippen molar-refractivity contribution in [3.63, 3.8) is 0 Å². The smallest absolute Gasteiger partial charge is 0.00259 e. The first-order valence-corrected chi connectivity index (χ1v) is 20.7. The summed E-state index contributed by atoms with van der Waals surface area (Å²) in [5.41, 5.74) is 17.1. The molecule has 60 heavy (non-hydrogen) atoms. The summed E-state index contributed by atoms with van der Waals surface area (Å²) in [5, 5.41) is 7.46. The van der Waals surface area contributed by atoms with E-state index in [1.54, 1.807) is 0 Å². The van der Waals surface area contributed by atoms with Gasteiger partial charge in [0.1, 0.15) is 0 Å². The molecule has 0 N–H and O–H groups in total. The number of hydrogen-bond acceptors (Lipinski definition) is 0. The van der Waals surface area contributed by atoms with Crippen LogP contribution in [0.5, 0.6) is 0 Å². The third-order valence-corrected chi connectivity index (χ3v) is 12.0. The van der Waals surface area contributed by atoms with Crippen molar-refractivity contribution < 1.29 is 0 Å². The lowest BCUT2D eigenvalue weighted by molar-refractivity contribution is 1.58. The van der Waals surface area contributed by atoms with Gasteiger partial charge in [-0.05, 0) is 141 Å². The molecule has 11 aromatic rings. The van der Waals surface area contributed by atoms with Gasteiger partial charge in [0.2, 0.25) is 0 Å². The molecule has 0 saturated heterocycles. The summed E-state index contributed by atoms with van der Waals surface area (Å²) in [7, 11) is 0. The molecule has 0 aliphatic heterocycles. The highest BCUT2D eigenvalue weighted by molar-refractivity contribution is 6.22. The number of fused-ring (bicyclic) bond motifs is 3. The van der Waals surface area contributed by atoms with Crippen LogP contribution in [0.25, 0.3) is 110 Å². The Morgan fingerprint density at radius 3 is 0.867 bits per heavy atom. The fourth-order valence-electron chi connectivity index (χ4n) is 9.04. The molecule has 0 unspecified atom stereocenters. The second-order valence-corrected chi connectivity index (χ2v) is 15.7. The van der Waals surface area contributed by atoms with Gasteiger partial charge >= 0.3 is 0 Å². The molecule has 0 aliphatic carbocycles. The van der Waals surface area contributed by atoms with Crippen LogP contribution < -0.4 is 0 Å². The first kappa shape index (κ1) is 35.4. The van der Waals surface area contributed by atoms with Crippen molar-refractivity contribution in [2.45, 2.75) is 0 Å². The molecule has 0 aliphatic rings. The number of rotatable bonds is 7. The van der Waals surface area contributed by atoms with Gasteiger partial charge in [-0.1, -0.05) is 212 Å². The zero-order valence-corrected chi connectivity index (χ0v) is 33.1. The topological polar surface area (TPSA) is 0 Å². The maximum absolute atomic E-state index is 2.39. The Balaban J connectivity index is 1.01. The molecule has 0 amide bonds. The Labute approximate surface area is 351 Å². The van der Waals surface area contributed by atoms with Crippen LogP contribution in [-0.4, -0.2) is 0 Å². The van der Waals surface area contributed by atoms with E-state index in [1.807, 2.05) is 0 Å². The first-order valence-electron chi connectivity index (χ1n) is 20.7. The third-order valence-electron chi connectivity index (χ3n) is 12.0. The van der Waals surface area contributed by atoms with Crippen molar-refractivity contribution in [1.29, 1.82) is 0 Å². The molecule has 0 heterocycles. The molecule has 0 aromatic heterocycles. The van der Waals surface area contributed by atoms with E-state index in [9.17, 15) is 0 Å². The van der Waals surface area contributed by atoms with E-state index in [1.165, 1.54) is 110 Å². The first-order chi connectivity index (χ1) is 29.7. The second-order valence-electron chi connectivity index (χ2n) is 15.7. The highest BCUT2D eigenvalue weighted by Gasteiger charge is 2.18. The molecule has 0 radical (unpaired) electrons. The van der Waals surface area contributed by atoms with Crippen LogP contribution in [0, 0.1) is 0 Å². The van der Waals surface area contributed by atoms with Crippen molar-refractivity contribution >= 4 is 32.3 Å². The van der Waals surface area contributed by atoms with E-state index in [0.29, 0.717) is 0 Å². The monoisotopic (exact) mass is 760 g/mol. The molecule has 0 bridgehead atoms. The number of hydrogen-bond donors (Lipinski definition) is 0. The number of benzene rings is 11. The minimum absolute atomic E-state index is 1.21. The zero-order chi connectivity index (χ0) is 39.8. The van der Waals surface area contributed by atoms with E-state index in [4.69, 9.17) is 0 Å². The van der Waals surface area contributed by atoms with Crippen LogP contribution in [0.15, 0.2) is 243 Å². The molecule has 0 fully saturated rings. The summed E-state index contributed by atoms with van der Waals surface area (Å²) in [6.07, 6.45) is 0. The Morgan fingerprint density at radius 2 is 0.433 bits per heavy atom. The van der Waals surface area contributed by atoms with Gasteiger partial charge in [-0.25, -0.2) is 0 Å². The second kappa shape index (κ2) is 15.2. The zero-order valence-electron chi connectivity index (χ0n) is 33.1. The van der Waals surface area contributed by atoms with Crippen molar-refractivity contribution in [2.75, 3.05) is 0 Å². The fourth-order valence-corrected chi connectivity index (χ4v) is 9.04. The van der Waals surface area contributed by atoms with Crippen LogP contribution in [0.3, 0.4) is 0 Å². The Morgan fingerprint density at radius 1 is 0.150 bits per heavy atom. The van der Waals surface area contributed by atoms with Crippen molar-refractivity contribution in [1.82, 2.24) is 0 Å². The van der Waals surface area contributed by atoms with Crippen LogP contribution >= 0.6 is 0 Å². The summed E-state index contributed by atoms with van der Waals surface area (Å²) >= 11 is 0. The Kier molecular flexibility index (Phi) is 8.95. The predicted molar refractivity (Wildman–Crippen MR) is 257 cm³/mol. The summed E-state index contributed by atoms with van der Waals surface area (Å²) in [6.45, 7) is 0. The van der Waals surface area contributed by atoms with Crippen molar-refractivity contribution in [3.05, 3.63) is 243 Å². The standard InChI is InChI=1S/C60H40/c1-4-14-41(15-5-1)44-24-26-45(27-25-44)46-28-30-47(31-29-46)49-34-32-48-33-35-50(37-51(48)36-49)59-55-20-10-12-22-57(55)60(58-23-13-11-21-56(58)59)54-39-52(42-16-6-2-7-17-42)38-53(40-54)43-18-8-3-9-19-43/h1-40H. The molecule has 0 atom stereocenters. The molecule has 0 nitrogen and oxygen atoms in total. The van der Waals surface area contributed by atoms with Gasteiger partial charge < -0.3 is 0 Å². The molecular weight excluding hydrogens is 721 g/mol. The van der Waals surface area contributed by atoms with E-state index >= 15 is 0 Å². The van der Waals surface area contributed by atoms with Crippen LogP contribution in [-0.2, 0) is 0 Å². The average Bonchev–Trinajstić information content (AvgIpc) is 3.33. The summed E-state index contributed by atoms with van der Waals surface area (Å²) < 4.78 is 0. The van der Waals surface area contributed by atoms with Crippen LogP contribution in [0.4, 0.5) is 0 Å². The van der Waals surface area contributed by atoms with E-state index in [0.717, 1.165) is 0 Å². The molecule has 0 spiro atoms. The van der Waals surface area contributed by atoms with E-state index in [2.05, 4.69) is 243 Å².